The number of benzene rings is 1. The number of aliphatic hydroxyl groups excluding tert-OH is 1. The molecule has 0 aliphatic carbocycles. The molecule has 0 spiro atoms. The van der Waals surface area contributed by atoms with Crippen molar-refractivity contribution in [1.29, 1.82) is 0 Å². The second-order valence-electron chi connectivity index (χ2n) is 5.05. The van der Waals surface area contributed by atoms with Crippen molar-refractivity contribution >= 4 is 15.7 Å². The summed E-state index contributed by atoms with van der Waals surface area (Å²) in [7, 11) is -3.95. The van der Waals surface area contributed by atoms with E-state index in [1.54, 1.807) is 13.8 Å². The fourth-order valence-corrected chi connectivity index (χ4v) is 2.51. The molecule has 0 saturated carbocycles. The van der Waals surface area contributed by atoms with E-state index < -0.39 is 31.8 Å². The Morgan fingerprint density at radius 1 is 1.40 bits per heavy atom. The number of aromatic hydroxyl groups is 1. The second-order valence-corrected chi connectivity index (χ2v) is 6.82. The van der Waals surface area contributed by atoms with Gasteiger partial charge >= 0.3 is 5.69 Å². The van der Waals surface area contributed by atoms with Crippen LogP contribution >= 0.6 is 0 Å². The Balaban J connectivity index is 3.05. The van der Waals surface area contributed by atoms with Gasteiger partial charge in [0.05, 0.1) is 9.82 Å². The predicted molar refractivity (Wildman–Crippen MR) is 70.8 cm³/mol. The molecular weight excluding hydrogens is 288 g/mol. The molecule has 8 nitrogen and oxygen atoms in total. The Hall–Kier alpha value is -1.71. The van der Waals surface area contributed by atoms with Crippen LogP contribution in [0.1, 0.15) is 13.8 Å². The Morgan fingerprint density at radius 2 is 2.00 bits per heavy atom. The first-order valence-corrected chi connectivity index (χ1v) is 7.15. The van der Waals surface area contributed by atoms with Crippen LogP contribution in [-0.4, -0.2) is 36.7 Å². The molecule has 9 heteroatoms. The van der Waals surface area contributed by atoms with Crippen molar-refractivity contribution in [2.75, 3.05) is 13.2 Å². The Bertz CT molecular complexity index is 611. The van der Waals surface area contributed by atoms with Gasteiger partial charge in [-0.3, -0.25) is 10.1 Å². The number of phenolic OH excluding ortho intramolecular Hbond substituents is 1. The first-order chi connectivity index (χ1) is 9.09. The fraction of sp³-hybridized carbons (Fsp3) is 0.455. The van der Waals surface area contributed by atoms with Crippen LogP contribution in [0.25, 0.3) is 0 Å². The van der Waals surface area contributed by atoms with Gasteiger partial charge in [-0.05, 0) is 12.1 Å². The van der Waals surface area contributed by atoms with Crippen molar-refractivity contribution in [2.24, 2.45) is 5.41 Å². The zero-order valence-corrected chi connectivity index (χ0v) is 11.8. The molecule has 0 aliphatic rings. The summed E-state index contributed by atoms with van der Waals surface area (Å²) in [5.41, 5.74) is -1.34. The summed E-state index contributed by atoms with van der Waals surface area (Å²) in [4.78, 5) is 9.47. The van der Waals surface area contributed by atoms with Gasteiger partial charge in [-0.2, -0.15) is 0 Å². The standard InChI is InChI=1S/C11H16N2O6S/c1-11(2,7-14)6-12-20(18,19)8-3-4-10(15)9(5-8)13(16)17/h3-5,12,14-15H,6-7H2,1-2H3. The van der Waals surface area contributed by atoms with E-state index in [1.807, 2.05) is 0 Å². The van der Waals surface area contributed by atoms with Crippen molar-refractivity contribution in [3.63, 3.8) is 0 Å². The largest absolute Gasteiger partial charge is 0.502 e. The van der Waals surface area contributed by atoms with Crippen LogP contribution in [0, 0.1) is 15.5 Å². The highest BCUT2D eigenvalue weighted by Gasteiger charge is 2.24. The van der Waals surface area contributed by atoms with E-state index in [9.17, 15) is 23.6 Å². The van der Waals surface area contributed by atoms with Gasteiger partial charge in [0.1, 0.15) is 0 Å². The predicted octanol–water partition coefficient (Wildman–Crippen LogP) is 0.597. The van der Waals surface area contributed by atoms with Gasteiger partial charge in [0.15, 0.2) is 5.75 Å². The van der Waals surface area contributed by atoms with E-state index in [1.165, 1.54) is 0 Å². The van der Waals surface area contributed by atoms with E-state index in [0.717, 1.165) is 18.2 Å². The molecule has 1 rings (SSSR count). The minimum absolute atomic E-state index is 0.0273. The number of nitrogens with one attached hydrogen (secondary N) is 1. The number of phenols is 1. The lowest BCUT2D eigenvalue weighted by molar-refractivity contribution is -0.386. The molecule has 0 heterocycles. The van der Waals surface area contributed by atoms with E-state index in [4.69, 9.17) is 5.11 Å². The number of aliphatic hydroxyl groups is 1. The van der Waals surface area contributed by atoms with Crippen LogP contribution in [-0.2, 0) is 10.0 Å². The summed E-state index contributed by atoms with van der Waals surface area (Å²) < 4.78 is 26.2. The van der Waals surface area contributed by atoms with Crippen molar-refractivity contribution in [1.82, 2.24) is 4.72 Å². The van der Waals surface area contributed by atoms with E-state index in [-0.39, 0.29) is 18.0 Å². The van der Waals surface area contributed by atoms with Crippen LogP contribution in [0.2, 0.25) is 0 Å². The van der Waals surface area contributed by atoms with E-state index >= 15 is 0 Å². The Labute approximate surface area is 116 Å². The minimum Gasteiger partial charge on any atom is -0.502 e. The molecule has 20 heavy (non-hydrogen) atoms. The van der Waals surface area contributed by atoms with Gasteiger partial charge in [0.25, 0.3) is 0 Å². The van der Waals surface area contributed by atoms with Crippen LogP contribution < -0.4 is 4.72 Å². The summed E-state index contributed by atoms with van der Waals surface area (Å²) in [5.74, 6) is -0.607. The second kappa shape index (κ2) is 5.73. The SMILES string of the molecule is CC(C)(CO)CNS(=O)(=O)c1ccc(O)c([N+](=O)[O-])c1. The topological polar surface area (TPSA) is 130 Å². The highest BCUT2D eigenvalue weighted by molar-refractivity contribution is 7.89. The lowest BCUT2D eigenvalue weighted by Gasteiger charge is -2.21. The van der Waals surface area contributed by atoms with Crippen molar-refractivity contribution in [3.8, 4) is 5.75 Å². The zero-order valence-electron chi connectivity index (χ0n) is 11.0. The lowest BCUT2D eigenvalue weighted by Crippen LogP contribution is -2.36. The molecule has 112 valence electrons. The van der Waals surface area contributed by atoms with Gasteiger partial charge in [0.2, 0.25) is 10.0 Å². The molecule has 0 aromatic heterocycles. The van der Waals surface area contributed by atoms with Gasteiger partial charge in [-0.25, -0.2) is 13.1 Å². The average molecular weight is 304 g/mol. The number of nitro benzene ring substituents is 1. The smallest absolute Gasteiger partial charge is 0.312 e. The zero-order chi connectivity index (χ0) is 15.6. The molecule has 0 amide bonds. The number of sulfonamides is 1. The quantitative estimate of drug-likeness (QED) is 0.521. The first-order valence-electron chi connectivity index (χ1n) is 5.67. The molecule has 0 saturated heterocycles. The van der Waals surface area contributed by atoms with E-state index in [0.29, 0.717) is 0 Å². The summed E-state index contributed by atoms with van der Waals surface area (Å²) in [6.45, 7) is 3.08. The maximum Gasteiger partial charge on any atom is 0.312 e. The lowest BCUT2D eigenvalue weighted by atomic mass is 9.96. The van der Waals surface area contributed by atoms with Crippen LogP contribution in [0.4, 0.5) is 5.69 Å². The molecule has 0 bridgehead atoms. The molecular formula is C11H16N2O6S. The van der Waals surface area contributed by atoms with Gasteiger partial charge in [0, 0.05) is 24.6 Å². The van der Waals surface area contributed by atoms with Crippen molar-refractivity contribution in [3.05, 3.63) is 28.3 Å². The van der Waals surface area contributed by atoms with Crippen LogP contribution in [0.5, 0.6) is 5.75 Å². The van der Waals surface area contributed by atoms with Crippen molar-refractivity contribution < 1.29 is 23.6 Å². The molecule has 3 N–H and O–H groups in total. The molecule has 0 radical (unpaired) electrons. The summed E-state index contributed by atoms with van der Waals surface area (Å²) in [6.07, 6.45) is 0. The number of hydrogen-bond donors (Lipinski definition) is 3. The third-order valence-electron chi connectivity index (χ3n) is 2.62. The number of rotatable bonds is 6. The molecule has 0 atom stereocenters. The highest BCUT2D eigenvalue weighted by atomic mass is 32.2. The molecule has 1 aromatic carbocycles. The number of nitrogens with zero attached hydrogens (tertiary/aromatic N) is 1. The normalized spacial score (nSPS) is 12.3. The van der Waals surface area contributed by atoms with Gasteiger partial charge < -0.3 is 10.2 Å². The average Bonchev–Trinajstić information content (AvgIpc) is 2.36. The van der Waals surface area contributed by atoms with Gasteiger partial charge in [-0.15, -0.1) is 0 Å². The maximum absolute atomic E-state index is 12.0. The summed E-state index contributed by atoms with van der Waals surface area (Å²) >= 11 is 0. The monoisotopic (exact) mass is 304 g/mol. The van der Waals surface area contributed by atoms with Crippen LogP contribution in [0.3, 0.4) is 0 Å². The molecule has 0 unspecified atom stereocenters. The van der Waals surface area contributed by atoms with Gasteiger partial charge in [-0.1, -0.05) is 13.8 Å². The Kier molecular flexibility index (Phi) is 4.69. The molecule has 1 aromatic rings. The number of hydrogen-bond acceptors (Lipinski definition) is 6. The first kappa shape index (κ1) is 16.3. The van der Waals surface area contributed by atoms with E-state index in [2.05, 4.69) is 4.72 Å². The minimum atomic E-state index is -3.95. The Morgan fingerprint density at radius 3 is 2.50 bits per heavy atom. The van der Waals surface area contributed by atoms with Crippen LogP contribution in [0.15, 0.2) is 23.1 Å². The summed E-state index contributed by atoms with van der Waals surface area (Å²) in [5, 5.41) is 29.0. The third-order valence-corrected chi connectivity index (χ3v) is 4.02. The third kappa shape index (κ3) is 3.89. The number of nitro groups is 1. The van der Waals surface area contributed by atoms with Crippen molar-refractivity contribution in [2.45, 2.75) is 18.7 Å². The summed E-state index contributed by atoms with van der Waals surface area (Å²) in [6, 6.07) is 2.80. The highest BCUT2D eigenvalue weighted by Crippen LogP contribution is 2.28. The maximum atomic E-state index is 12.0. The molecule has 0 aliphatic heterocycles. The fourth-order valence-electron chi connectivity index (χ4n) is 1.25. The molecule has 0 fully saturated rings.